The number of benzene rings is 8. The van der Waals surface area contributed by atoms with Crippen LogP contribution in [0.1, 0.15) is 11.1 Å². The first kappa shape index (κ1) is 37.6. The molecule has 0 aliphatic heterocycles. The Kier molecular flexibility index (Phi) is 12.4. The van der Waals surface area contributed by atoms with E-state index in [1.54, 1.807) is 0 Å². The van der Waals surface area contributed by atoms with Crippen molar-refractivity contribution in [2.75, 3.05) is 0 Å². The molecule has 0 unspecified atom stereocenters. The molecule has 0 saturated carbocycles. The fourth-order valence-electron chi connectivity index (χ4n) is 7.68. The van der Waals surface area contributed by atoms with Crippen LogP contribution >= 0.6 is 14.5 Å². The number of hydrogen-bond donors (Lipinski definition) is 0. The highest BCUT2D eigenvalue weighted by molar-refractivity contribution is 7.95. The first-order valence-electron chi connectivity index (χ1n) is 17.4. The molecule has 0 aliphatic carbocycles. The predicted octanol–water partition coefficient (Wildman–Crippen LogP) is 3.84. The van der Waals surface area contributed by atoms with Gasteiger partial charge in [0.25, 0.3) is 0 Å². The molecule has 0 heterocycles. The van der Waals surface area contributed by atoms with E-state index in [2.05, 4.69) is 218 Å². The molecule has 52 heavy (non-hydrogen) atoms. The molecule has 0 aromatic heterocycles. The molecule has 0 bridgehead atoms. The van der Waals surface area contributed by atoms with Gasteiger partial charge in [0.2, 0.25) is 0 Å². The van der Waals surface area contributed by atoms with E-state index < -0.39 is 14.5 Å². The minimum absolute atomic E-state index is 0. The summed E-state index contributed by atoms with van der Waals surface area (Å²) in [6.07, 6.45) is 1.87. The Morgan fingerprint density at radius 3 is 0.654 bits per heavy atom. The molecule has 8 aromatic rings. The van der Waals surface area contributed by atoms with Gasteiger partial charge in [0.15, 0.2) is 0 Å². The van der Waals surface area contributed by atoms with Crippen molar-refractivity contribution in [3.05, 3.63) is 230 Å². The van der Waals surface area contributed by atoms with Crippen molar-refractivity contribution in [2.45, 2.75) is 12.3 Å². The largest absolute Gasteiger partial charge is 1.00 e. The van der Waals surface area contributed by atoms with Crippen LogP contribution in [0.25, 0.3) is 10.8 Å². The van der Waals surface area contributed by atoms with Gasteiger partial charge in [0.05, 0.1) is 12.3 Å². The third-order valence-corrected chi connectivity index (χ3v) is 18.8. The number of rotatable bonds is 10. The zero-order chi connectivity index (χ0) is 33.6. The summed E-state index contributed by atoms with van der Waals surface area (Å²) >= 11 is 0. The van der Waals surface area contributed by atoms with E-state index in [4.69, 9.17) is 0 Å². The van der Waals surface area contributed by atoms with Crippen molar-refractivity contribution >= 4 is 57.1 Å². The molecule has 8 rings (SSSR count). The average Bonchev–Trinajstić information content (AvgIpc) is 3.21. The summed E-state index contributed by atoms with van der Waals surface area (Å²) in [6.45, 7) is 0. The van der Waals surface area contributed by atoms with E-state index >= 15 is 0 Å². The molecule has 0 fully saturated rings. The molecule has 0 amide bonds. The van der Waals surface area contributed by atoms with E-state index in [-0.39, 0.29) is 34.0 Å². The van der Waals surface area contributed by atoms with E-state index in [1.807, 2.05) is 0 Å². The van der Waals surface area contributed by atoms with E-state index in [0.717, 1.165) is 12.3 Å². The highest BCUT2D eigenvalue weighted by atomic mass is 79.9. The van der Waals surface area contributed by atoms with Crippen LogP contribution in [0.2, 0.25) is 0 Å². The zero-order valence-corrected chi connectivity index (χ0v) is 33.8. The zero-order valence-electron chi connectivity index (χ0n) is 28.8. The smallest absolute Gasteiger partial charge is 0.116 e. The highest BCUT2D eigenvalue weighted by Crippen LogP contribution is 2.62. The van der Waals surface area contributed by atoms with Crippen LogP contribution in [-0.2, 0) is 12.3 Å². The SMILES string of the molecule is [Br-].[Br-].c1ccc([P+](Cc2cc3ccccc3cc2C[P+](c2ccccc2)(c2ccccc2)c2ccccc2)(c2ccccc2)c2ccccc2)cc1. The van der Waals surface area contributed by atoms with Crippen molar-refractivity contribution in [3.63, 3.8) is 0 Å². The topological polar surface area (TPSA) is 0 Å². The molecule has 0 saturated heterocycles. The van der Waals surface area contributed by atoms with Crippen LogP contribution in [0.5, 0.6) is 0 Å². The summed E-state index contributed by atoms with van der Waals surface area (Å²) in [4.78, 5) is 0. The Labute approximate surface area is 330 Å². The highest BCUT2D eigenvalue weighted by Gasteiger charge is 2.49. The van der Waals surface area contributed by atoms with Gasteiger partial charge in [-0.3, -0.25) is 0 Å². The molecule has 4 heteroatoms. The van der Waals surface area contributed by atoms with Gasteiger partial charge in [-0.2, -0.15) is 0 Å². The lowest BCUT2D eigenvalue weighted by molar-refractivity contribution is -0.00100. The normalized spacial score (nSPS) is 11.3. The van der Waals surface area contributed by atoms with Gasteiger partial charge in [-0.05, 0) is 107 Å². The van der Waals surface area contributed by atoms with Gasteiger partial charge >= 0.3 is 0 Å². The molecular weight excluding hydrogens is 798 g/mol. The van der Waals surface area contributed by atoms with Crippen molar-refractivity contribution in [1.82, 2.24) is 0 Å². The lowest BCUT2D eigenvalue weighted by Crippen LogP contribution is -3.00. The standard InChI is InChI=1S/C48H40P2.2BrH/c1-7-23-43(24-8-1)49(44-25-9-2-10-26-44,45-27-11-3-12-28-45)37-41-35-39-21-19-20-22-40(39)36-42(41)38-50(46-29-13-4-14-30-46,47-31-15-5-16-32-47)48-33-17-6-18-34-48;;/h1-36H,37-38H2;2*1H/q+2;;/p-2. The van der Waals surface area contributed by atoms with Gasteiger partial charge in [-0.15, -0.1) is 0 Å². The summed E-state index contributed by atoms with van der Waals surface area (Å²) < 4.78 is 0. The third kappa shape index (κ3) is 7.24. The molecule has 0 radical (unpaired) electrons. The van der Waals surface area contributed by atoms with Gasteiger partial charge in [-0.25, -0.2) is 0 Å². The third-order valence-electron chi connectivity index (χ3n) is 10.1. The maximum absolute atomic E-state index is 2.52. The van der Waals surface area contributed by atoms with Gasteiger partial charge < -0.3 is 34.0 Å². The molecule has 8 aromatic carbocycles. The predicted molar refractivity (Wildman–Crippen MR) is 222 cm³/mol. The molecule has 0 N–H and O–H groups in total. The minimum atomic E-state index is -2.15. The maximum atomic E-state index is 2.52. The molecule has 0 atom stereocenters. The second-order valence-corrected chi connectivity index (χ2v) is 19.9. The Balaban J connectivity index is 0.00000232. The van der Waals surface area contributed by atoms with Crippen LogP contribution < -0.4 is 65.8 Å². The molecular formula is C48H40Br2P2. The van der Waals surface area contributed by atoms with Crippen LogP contribution in [0.4, 0.5) is 0 Å². The van der Waals surface area contributed by atoms with Crippen LogP contribution in [-0.4, -0.2) is 0 Å². The van der Waals surface area contributed by atoms with E-state index in [1.165, 1.54) is 53.7 Å². The first-order valence-corrected chi connectivity index (χ1v) is 21.3. The summed E-state index contributed by atoms with van der Waals surface area (Å²) in [7, 11) is -4.30. The van der Waals surface area contributed by atoms with Crippen molar-refractivity contribution < 1.29 is 34.0 Å². The summed E-state index contributed by atoms with van der Waals surface area (Å²) in [5.41, 5.74) is 2.86. The number of halogens is 2. The van der Waals surface area contributed by atoms with E-state index in [0.29, 0.717) is 0 Å². The summed E-state index contributed by atoms with van der Waals surface area (Å²) in [5.74, 6) is 0. The fourth-order valence-corrected chi connectivity index (χ4v) is 16.3. The van der Waals surface area contributed by atoms with Crippen molar-refractivity contribution in [2.24, 2.45) is 0 Å². The van der Waals surface area contributed by atoms with E-state index in [9.17, 15) is 0 Å². The lowest BCUT2D eigenvalue weighted by atomic mass is 10.0. The van der Waals surface area contributed by atoms with Crippen LogP contribution in [0.15, 0.2) is 218 Å². The monoisotopic (exact) mass is 836 g/mol. The van der Waals surface area contributed by atoms with Crippen molar-refractivity contribution in [3.8, 4) is 0 Å². The molecule has 0 aliphatic rings. The molecule has 0 nitrogen and oxygen atoms in total. The Hall–Kier alpha value is -4.16. The minimum Gasteiger partial charge on any atom is -1.00 e. The van der Waals surface area contributed by atoms with Gasteiger partial charge in [0.1, 0.15) is 46.4 Å². The summed E-state index contributed by atoms with van der Waals surface area (Å²) in [6, 6.07) is 81.8. The van der Waals surface area contributed by atoms with Gasteiger partial charge in [0, 0.05) is 0 Å². The quantitative estimate of drug-likeness (QED) is 0.184. The number of fused-ring (bicyclic) bond motifs is 1. The Bertz CT molecular complexity index is 1940. The fraction of sp³-hybridized carbons (Fsp3) is 0.0417. The lowest BCUT2D eigenvalue weighted by Gasteiger charge is -2.31. The second-order valence-electron chi connectivity index (χ2n) is 12.9. The first-order chi connectivity index (χ1) is 24.8. The van der Waals surface area contributed by atoms with Crippen molar-refractivity contribution in [1.29, 1.82) is 0 Å². The summed E-state index contributed by atoms with van der Waals surface area (Å²) in [5, 5.41) is 11.0. The number of hydrogen-bond acceptors (Lipinski definition) is 0. The average molecular weight is 839 g/mol. The molecule has 256 valence electrons. The van der Waals surface area contributed by atoms with Gasteiger partial charge in [-0.1, -0.05) is 133 Å². The second kappa shape index (κ2) is 17.1. The maximum Gasteiger partial charge on any atom is 0.116 e. The van der Waals surface area contributed by atoms with Crippen LogP contribution in [0, 0.1) is 0 Å². The van der Waals surface area contributed by atoms with Crippen LogP contribution in [0.3, 0.4) is 0 Å². The Morgan fingerprint density at radius 2 is 0.442 bits per heavy atom. The molecule has 0 spiro atoms. The Morgan fingerprint density at radius 1 is 0.250 bits per heavy atom.